The molecule has 5 rings (SSSR count). The predicted octanol–water partition coefficient (Wildman–Crippen LogP) is 4.32. The molecule has 0 unspecified atom stereocenters. The van der Waals surface area contributed by atoms with Crippen molar-refractivity contribution < 1.29 is 8.83 Å². The molecule has 1 aliphatic heterocycles. The van der Waals surface area contributed by atoms with Crippen molar-refractivity contribution in [3.05, 3.63) is 53.6 Å². The summed E-state index contributed by atoms with van der Waals surface area (Å²) in [6.07, 6.45) is 3.93. The van der Waals surface area contributed by atoms with Crippen LogP contribution in [0.5, 0.6) is 0 Å². The minimum atomic E-state index is 0.435. The number of furan rings is 1. The molecule has 0 amide bonds. The highest BCUT2D eigenvalue weighted by atomic mass is 32.1. The Kier molecular flexibility index (Phi) is 4.03. The van der Waals surface area contributed by atoms with E-state index in [2.05, 4.69) is 33.3 Å². The van der Waals surface area contributed by atoms with Crippen molar-refractivity contribution >= 4 is 21.6 Å². The maximum absolute atomic E-state index is 5.75. The number of para-hydroxylation sites is 1. The van der Waals surface area contributed by atoms with E-state index in [9.17, 15) is 0 Å². The van der Waals surface area contributed by atoms with E-state index in [0.29, 0.717) is 30.0 Å². The van der Waals surface area contributed by atoms with Gasteiger partial charge in [0.1, 0.15) is 0 Å². The summed E-state index contributed by atoms with van der Waals surface area (Å²) in [6.45, 7) is 2.67. The summed E-state index contributed by atoms with van der Waals surface area (Å²) in [7, 11) is 0. The van der Waals surface area contributed by atoms with Crippen LogP contribution in [0, 0.1) is 0 Å². The Morgan fingerprint density at radius 1 is 1.15 bits per heavy atom. The van der Waals surface area contributed by atoms with E-state index in [1.54, 1.807) is 6.26 Å². The van der Waals surface area contributed by atoms with Gasteiger partial charge in [-0.2, -0.15) is 0 Å². The maximum Gasteiger partial charge on any atom is 0.283 e. The van der Waals surface area contributed by atoms with Gasteiger partial charge in [0.05, 0.1) is 28.0 Å². The van der Waals surface area contributed by atoms with E-state index in [4.69, 9.17) is 13.8 Å². The van der Waals surface area contributed by atoms with Gasteiger partial charge in [-0.05, 0) is 43.7 Å². The Hall–Kier alpha value is -2.51. The number of piperidine rings is 1. The average Bonchev–Trinajstić information content (AvgIpc) is 3.41. The summed E-state index contributed by atoms with van der Waals surface area (Å²) in [6, 6.07) is 12.0. The van der Waals surface area contributed by atoms with Crippen LogP contribution in [-0.2, 0) is 6.54 Å². The summed E-state index contributed by atoms with van der Waals surface area (Å²) in [5, 5.41) is 9.48. The molecule has 1 saturated heterocycles. The quantitative estimate of drug-likeness (QED) is 0.536. The zero-order chi connectivity index (χ0) is 17.3. The molecule has 3 aromatic heterocycles. The van der Waals surface area contributed by atoms with Crippen molar-refractivity contribution in [2.75, 3.05) is 13.1 Å². The van der Waals surface area contributed by atoms with Gasteiger partial charge in [0.25, 0.3) is 5.89 Å². The molecule has 0 saturated carbocycles. The van der Waals surface area contributed by atoms with Crippen LogP contribution in [0.2, 0.25) is 0 Å². The topological polar surface area (TPSA) is 68.2 Å². The number of likely N-dealkylation sites (tertiary alicyclic amines) is 1. The van der Waals surface area contributed by atoms with E-state index >= 15 is 0 Å². The molecule has 0 spiro atoms. The Labute approximate surface area is 154 Å². The summed E-state index contributed by atoms with van der Waals surface area (Å²) in [5.74, 6) is 2.13. The summed E-state index contributed by atoms with van der Waals surface area (Å²) < 4.78 is 12.3. The van der Waals surface area contributed by atoms with Gasteiger partial charge in [0.15, 0.2) is 5.76 Å². The largest absolute Gasteiger partial charge is 0.459 e. The third-order valence-electron chi connectivity index (χ3n) is 4.72. The molecular formula is C19H18N4O2S. The van der Waals surface area contributed by atoms with Gasteiger partial charge < -0.3 is 8.83 Å². The van der Waals surface area contributed by atoms with Gasteiger partial charge in [-0.25, -0.2) is 4.98 Å². The standard InChI is InChI=1S/C19H18N4O2S/c1-2-8-16-14(6-1)20-19(26-16)13-5-3-9-23(11-13)12-17-21-22-18(25-17)15-7-4-10-24-15/h1-2,4,6-8,10,13H,3,5,9,11-12H2/t13-/m1/s1. The van der Waals surface area contributed by atoms with E-state index in [0.717, 1.165) is 25.0 Å². The van der Waals surface area contributed by atoms with Crippen LogP contribution < -0.4 is 0 Å². The lowest BCUT2D eigenvalue weighted by Crippen LogP contribution is -2.33. The minimum Gasteiger partial charge on any atom is -0.459 e. The van der Waals surface area contributed by atoms with Crippen molar-refractivity contribution in [1.29, 1.82) is 0 Å². The van der Waals surface area contributed by atoms with E-state index in [1.165, 1.54) is 16.1 Å². The zero-order valence-electron chi connectivity index (χ0n) is 14.2. The first-order valence-corrected chi connectivity index (χ1v) is 9.61. The first-order chi connectivity index (χ1) is 12.8. The molecular weight excluding hydrogens is 348 g/mol. The van der Waals surface area contributed by atoms with Crippen molar-refractivity contribution in [2.24, 2.45) is 0 Å². The molecule has 4 aromatic rings. The third kappa shape index (κ3) is 3.04. The van der Waals surface area contributed by atoms with Crippen LogP contribution in [-0.4, -0.2) is 33.2 Å². The first-order valence-electron chi connectivity index (χ1n) is 8.79. The third-order valence-corrected chi connectivity index (χ3v) is 5.92. The van der Waals surface area contributed by atoms with Crippen LogP contribution in [0.1, 0.15) is 29.7 Å². The molecule has 26 heavy (non-hydrogen) atoms. The maximum atomic E-state index is 5.75. The number of fused-ring (bicyclic) bond motifs is 1. The molecule has 0 radical (unpaired) electrons. The normalized spacial score (nSPS) is 18.5. The molecule has 4 heterocycles. The molecule has 0 bridgehead atoms. The van der Waals surface area contributed by atoms with Gasteiger partial charge in [0, 0.05) is 12.5 Å². The molecule has 1 fully saturated rings. The average molecular weight is 366 g/mol. The van der Waals surface area contributed by atoms with Gasteiger partial charge in [-0.3, -0.25) is 4.90 Å². The Bertz CT molecular complexity index is 975. The fraction of sp³-hybridized carbons (Fsp3) is 0.316. The second-order valence-electron chi connectivity index (χ2n) is 6.57. The fourth-order valence-corrected chi connectivity index (χ4v) is 4.57. The summed E-state index contributed by atoms with van der Waals surface area (Å²) in [5.41, 5.74) is 1.10. The number of hydrogen-bond acceptors (Lipinski definition) is 7. The molecule has 6 nitrogen and oxygen atoms in total. The van der Waals surface area contributed by atoms with Gasteiger partial charge >= 0.3 is 0 Å². The molecule has 1 aliphatic rings. The molecule has 1 aromatic carbocycles. The molecule has 0 aliphatic carbocycles. The van der Waals surface area contributed by atoms with E-state index in [-0.39, 0.29) is 0 Å². The monoisotopic (exact) mass is 366 g/mol. The van der Waals surface area contributed by atoms with Crippen molar-refractivity contribution in [3.63, 3.8) is 0 Å². The fourth-order valence-electron chi connectivity index (χ4n) is 3.47. The van der Waals surface area contributed by atoms with Crippen LogP contribution in [0.3, 0.4) is 0 Å². The van der Waals surface area contributed by atoms with Crippen molar-refractivity contribution in [2.45, 2.75) is 25.3 Å². The zero-order valence-corrected chi connectivity index (χ0v) is 15.0. The van der Waals surface area contributed by atoms with E-state index < -0.39 is 0 Å². The lowest BCUT2D eigenvalue weighted by molar-refractivity contribution is 0.184. The Morgan fingerprint density at radius 2 is 2.12 bits per heavy atom. The SMILES string of the molecule is c1coc(-c2nnc(CN3CCC[C@@H](c4nc5ccccc5s4)C3)o2)c1. The van der Waals surface area contributed by atoms with Crippen LogP contribution in [0.15, 0.2) is 51.5 Å². The predicted molar refractivity (Wildman–Crippen MR) is 98.9 cm³/mol. The van der Waals surface area contributed by atoms with Crippen molar-refractivity contribution in [1.82, 2.24) is 20.1 Å². The smallest absolute Gasteiger partial charge is 0.283 e. The van der Waals surface area contributed by atoms with Gasteiger partial charge in [0.2, 0.25) is 5.89 Å². The Morgan fingerprint density at radius 3 is 3.00 bits per heavy atom. The first kappa shape index (κ1) is 15.7. The molecule has 1 atom stereocenters. The minimum absolute atomic E-state index is 0.435. The number of hydrogen-bond donors (Lipinski definition) is 0. The number of benzene rings is 1. The van der Waals surface area contributed by atoms with Gasteiger partial charge in [-0.15, -0.1) is 21.5 Å². The summed E-state index contributed by atoms with van der Waals surface area (Å²) in [4.78, 5) is 7.22. The lowest BCUT2D eigenvalue weighted by Gasteiger charge is -2.30. The molecule has 0 N–H and O–H groups in total. The van der Waals surface area contributed by atoms with Crippen LogP contribution in [0.4, 0.5) is 0 Å². The summed E-state index contributed by atoms with van der Waals surface area (Å²) >= 11 is 1.81. The lowest BCUT2D eigenvalue weighted by atomic mass is 9.99. The van der Waals surface area contributed by atoms with Crippen molar-refractivity contribution in [3.8, 4) is 11.7 Å². The highest BCUT2D eigenvalue weighted by molar-refractivity contribution is 7.18. The highest BCUT2D eigenvalue weighted by Crippen LogP contribution is 2.33. The molecule has 132 valence electrons. The van der Waals surface area contributed by atoms with E-state index in [1.807, 2.05) is 29.5 Å². The number of aromatic nitrogens is 3. The molecule has 7 heteroatoms. The Balaban J connectivity index is 1.30. The van der Waals surface area contributed by atoms with Crippen LogP contribution in [0.25, 0.3) is 21.9 Å². The highest BCUT2D eigenvalue weighted by Gasteiger charge is 2.25. The number of nitrogens with zero attached hydrogens (tertiary/aromatic N) is 4. The second kappa shape index (κ2) is 6.66. The number of rotatable bonds is 4. The number of thiazole rings is 1. The van der Waals surface area contributed by atoms with Gasteiger partial charge in [-0.1, -0.05) is 12.1 Å². The second-order valence-corrected chi connectivity index (χ2v) is 7.63. The van der Waals surface area contributed by atoms with Crippen LogP contribution >= 0.6 is 11.3 Å².